The van der Waals surface area contributed by atoms with Crippen LogP contribution in [0, 0.1) is 5.82 Å². The summed E-state index contributed by atoms with van der Waals surface area (Å²) < 4.78 is 23.3. The zero-order valence-electron chi connectivity index (χ0n) is 10.5. The lowest BCUT2D eigenvalue weighted by atomic mass is 10.1. The maximum Gasteiger partial charge on any atom is 0.340 e. The van der Waals surface area contributed by atoms with Gasteiger partial charge in [-0.05, 0) is 30.3 Å². The lowest BCUT2D eigenvalue weighted by molar-refractivity contribution is 0.0601. The van der Waals surface area contributed by atoms with Crippen LogP contribution >= 0.6 is 11.6 Å². The van der Waals surface area contributed by atoms with Crippen LogP contribution in [0.2, 0.25) is 5.02 Å². The molecule has 0 aliphatic rings. The fourth-order valence-corrected chi connectivity index (χ4v) is 1.68. The minimum absolute atomic E-state index is 0.00454. The maximum atomic E-state index is 13.3. The van der Waals surface area contributed by atoms with E-state index >= 15 is 0 Å². The second-order valence-electron chi connectivity index (χ2n) is 3.92. The van der Waals surface area contributed by atoms with E-state index in [0.717, 1.165) is 6.07 Å². The highest BCUT2D eigenvalue weighted by Gasteiger charge is 2.12. The number of methoxy groups -OCH3 is 1. The molecule has 4 nitrogen and oxygen atoms in total. The number of anilines is 1. The Morgan fingerprint density at radius 2 is 1.85 bits per heavy atom. The minimum Gasteiger partial charge on any atom is -0.465 e. The Bertz CT molecular complexity index is 661. The van der Waals surface area contributed by atoms with Crippen molar-refractivity contribution in [1.29, 1.82) is 0 Å². The second-order valence-corrected chi connectivity index (χ2v) is 4.33. The predicted octanol–water partition coefficient (Wildman–Crippen LogP) is 3.64. The van der Waals surface area contributed by atoms with Crippen molar-refractivity contribution in [1.82, 2.24) is 0 Å². The van der Waals surface area contributed by atoms with Gasteiger partial charge >= 0.3 is 5.97 Å². The molecule has 0 heterocycles. The van der Waals surface area contributed by atoms with Crippen molar-refractivity contribution in [3.63, 3.8) is 0 Å². The van der Waals surface area contributed by atoms with Crippen molar-refractivity contribution in [3.8, 4) is 11.5 Å². The van der Waals surface area contributed by atoms with Gasteiger partial charge in [-0.1, -0.05) is 11.6 Å². The molecule has 0 aliphatic carbocycles. The van der Waals surface area contributed by atoms with Gasteiger partial charge in [0.05, 0.1) is 17.7 Å². The molecule has 0 aromatic heterocycles. The Morgan fingerprint density at radius 3 is 2.50 bits per heavy atom. The quantitative estimate of drug-likeness (QED) is 0.693. The molecule has 2 rings (SSSR count). The highest BCUT2D eigenvalue weighted by molar-refractivity contribution is 6.30. The fraction of sp³-hybridized carbons (Fsp3) is 0.0714. The summed E-state index contributed by atoms with van der Waals surface area (Å²) in [5.41, 5.74) is 6.12. The largest absolute Gasteiger partial charge is 0.465 e. The maximum absolute atomic E-state index is 13.3. The summed E-state index contributed by atoms with van der Waals surface area (Å²) in [5, 5.41) is 0.00454. The van der Waals surface area contributed by atoms with Crippen molar-refractivity contribution >= 4 is 23.3 Å². The van der Waals surface area contributed by atoms with Gasteiger partial charge in [0.2, 0.25) is 0 Å². The average Bonchev–Trinajstić information content (AvgIpc) is 2.44. The van der Waals surface area contributed by atoms with Crippen molar-refractivity contribution in [2.24, 2.45) is 0 Å². The van der Waals surface area contributed by atoms with Gasteiger partial charge in [-0.25, -0.2) is 9.18 Å². The average molecular weight is 296 g/mol. The van der Waals surface area contributed by atoms with Crippen molar-refractivity contribution in [2.45, 2.75) is 0 Å². The van der Waals surface area contributed by atoms with Crippen LogP contribution in [0.3, 0.4) is 0 Å². The number of halogens is 2. The number of ether oxygens (including phenoxy) is 2. The first-order chi connectivity index (χ1) is 9.51. The molecule has 0 spiro atoms. The molecule has 2 aromatic rings. The van der Waals surface area contributed by atoms with E-state index in [4.69, 9.17) is 22.1 Å². The molecule has 0 atom stereocenters. The first-order valence-electron chi connectivity index (χ1n) is 5.62. The Morgan fingerprint density at radius 1 is 1.20 bits per heavy atom. The number of rotatable bonds is 3. The lowest BCUT2D eigenvalue weighted by Gasteiger charge is -2.09. The Balaban J connectivity index is 2.29. The molecule has 0 unspecified atom stereocenters. The standard InChI is InChI=1S/C14H11ClFNO3/c1-19-14(18)10-6-8(3-5-13(10)17)20-9-2-4-11(15)12(16)7-9/h2-7H,17H2,1H3. The molecule has 2 N–H and O–H groups in total. The lowest BCUT2D eigenvalue weighted by Crippen LogP contribution is -2.05. The van der Waals surface area contributed by atoms with Gasteiger partial charge in [0.25, 0.3) is 0 Å². The van der Waals surface area contributed by atoms with E-state index in [1.165, 1.54) is 31.4 Å². The fourth-order valence-electron chi connectivity index (χ4n) is 1.56. The van der Waals surface area contributed by atoms with Crippen LogP contribution in [0.1, 0.15) is 10.4 Å². The van der Waals surface area contributed by atoms with E-state index in [2.05, 4.69) is 4.74 Å². The van der Waals surface area contributed by atoms with Crippen LogP contribution in [0.5, 0.6) is 11.5 Å². The van der Waals surface area contributed by atoms with Crippen molar-refractivity contribution in [2.75, 3.05) is 12.8 Å². The van der Waals surface area contributed by atoms with E-state index in [0.29, 0.717) is 5.75 Å². The number of carbonyl (C=O) groups excluding carboxylic acids is 1. The Kier molecular flexibility index (Phi) is 4.10. The Hall–Kier alpha value is -2.27. The van der Waals surface area contributed by atoms with E-state index in [1.807, 2.05) is 0 Å². The third kappa shape index (κ3) is 3.00. The first kappa shape index (κ1) is 14.1. The highest BCUT2D eigenvalue weighted by atomic mass is 35.5. The second kappa shape index (κ2) is 5.79. The summed E-state index contributed by atoms with van der Waals surface area (Å²) in [6, 6.07) is 8.54. The smallest absolute Gasteiger partial charge is 0.340 e. The van der Waals surface area contributed by atoms with E-state index in [9.17, 15) is 9.18 Å². The number of esters is 1. The van der Waals surface area contributed by atoms with Crippen LogP contribution in [-0.4, -0.2) is 13.1 Å². The van der Waals surface area contributed by atoms with Gasteiger partial charge in [0.15, 0.2) is 0 Å². The van der Waals surface area contributed by atoms with E-state index in [-0.39, 0.29) is 22.0 Å². The van der Waals surface area contributed by atoms with Crippen LogP contribution in [-0.2, 0) is 4.74 Å². The van der Waals surface area contributed by atoms with Crippen LogP contribution < -0.4 is 10.5 Å². The summed E-state index contributed by atoms with van der Waals surface area (Å²) in [6.45, 7) is 0. The molecule has 0 aliphatic heterocycles. The SMILES string of the molecule is COC(=O)c1cc(Oc2ccc(Cl)c(F)c2)ccc1N. The minimum atomic E-state index is -0.590. The normalized spacial score (nSPS) is 10.2. The summed E-state index contributed by atoms with van der Waals surface area (Å²) in [7, 11) is 1.25. The number of hydrogen-bond donors (Lipinski definition) is 1. The molecule has 6 heteroatoms. The molecule has 0 fully saturated rings. The van der Waals surface area contributed by atoms with Gasteiger partial charge in [-0.3, -0.25) is 0 Å². The third-order valence-corrected chi connectivity index (χ3v) is 2.86. The van der Waals surface area contributed by atoms with Crippen LogP contribution in [0.25, 0.3) is 0 Å². The zero-order chi connectivity index (χ0) is 14.7. The third-order valence-electron chi connectivity index (χ3n) is 2.56. The molecule has 2 aromatic carbocycles. The number of nitrogen functional groups attached to an aromatic ring is 1. The molecule has 0 saturated heterocycles. The van der Waals surface area contributed by atoms with Gasteiger partial charge in [-0.2, -0.15) is 0 Å². The first-order valence-corrected chi connectivity index (χ1v) is 6.00. The molecular weight excluding hydrogens is 285 g/mol. The van der Waals surface area contributed by atoms with Gasteiger partial charge in [0.1, 0.15) is 17.3 Å². The molecular formula is C14H11ClFNO3. The Labute approximate surface area is 119 Å². The van der Waals surface area contributed by atoms with Gasteiger partial charge in [0, 0.05) is 11.8 Å². The molecule has 0 saturated carbocycles. The summed E-state index contributed by atoms with van der Waals surface area (Å²) in [6.07, 6.45) is 0. The van der Waals surface area contributed by atoms with Crippen molar-refractivity contribution in [3.05, 3.63) is 52.8 Å². The number of nitrogens with two attached hydrogens (primary N) is 1. The van der Waals surface area contributed by atoms with Crippen molar-refractivity contribution < 1.29 is 18.7 Å². The molecule has 20 heavy (non-hydrogen) atoms. The number of carbonyl (C=O) groups is 1. The van der Waals surface area contributed by atoms with Gasteiger partial charge in [-0.15, -0.1) is 0 Å². The van der Waals surface area contributed by atoms with E-state index < -0.39 is 11.8 Å². The van der Waals surface area contributed by atoms with Gasteiger partial charge < -0.3 is 15.2 Å². The van der Waals surface area contributed by atoms with Crippen LogP contribution in [0.15, 0.2) is 36.4 Å². The summed E-state index contributed by atoms with van der Waals surface area (Å²) >= 11 is 5.58. The summed E-state index contributed by atoms with van der Waals surface area (Å²) in [5.74, 6) is -0.572. The monoisotopic (exact) mass is 295 g/mol. The number of hydrogen-bond acceptors (Lipinski definition) is 4. The molecule has 0 bridgehead atoms. The molecule has 0 radical (unpaired) electrons. The summed E-state index contributed by atoms with van der Waals surface area (Å²) in [4.78, 5) is 11.5. The molecule has 104 valence electrons. The highest BCUT2D eigenvalue weighted by Crippen LogP contribution is 2.27. The zero-order valence-corrected chi connectivity index (χ0v) is 11.3. The van der Waals surface area contributed by atoms with Crippen LogP contribution in [0.4, 0.5) is 10.1 Å². The number of benzene rings is 2. The predicted molar refractivity (Wildman–Crippen MR) is 73.7 cm³/mol. The molecule has 0 amide bonds. The topological polar surface area (TPSA) is 61.5 Å². The van der Waals surface area contributed by atoms with E-state index in [1.54, 1.807) is 6.07 Å².